The van der Waals surface area contributed by atoms with Crippen molar-refractivity contribution in [2.24, 2.45) is 0 Å². The maximum Gasteiger partial charge on any atom is 0.248 e. The molecule has 0 aliphatic heterocycles. The number of rotatable bonds is 3. The van der Waals surface area contributed by atoms with Gasteiger partial charge in [-0.2, -0.15) is 5.26 Å². The van der Waals surface area contributed by atoms with Crippen molar-refractivity contribution in [2.75, 3.05) is 5.32 Å². The van der Waals surface area contributed by atoms with Gasteiger partial charge in [0, 0.05) is 11.2 Å². The smallest absolute Gasteiger partial charge is 0.248 e. The number of nitriles is 1. The predicted molar refractivity (Wildman–Crippen MR) is 85.9 cm³/mol. The molecule has 5 nitrogen and oxygen atoms in total. The summed E-state index contributed by atoms with van der Waals surface area (Å²) < 4.78 is 0.883. The molecule has 1 aromatic carbocycles. The Morgan fingerprint density at radius 3 is 3.00 bits per heavy atom. The maximum absolute atomic E-state index is 12.3. The van der Waals surface area contributed by atoms with Gasteiger partial charge in [-0.15, -0.1) is 11.3 Å². The van der Waals surface area contributed by atoms with Gasteiger partial charge in [-0.1, -0.05) is 11.6 Å². The first-order valence-electron chi connectivity index (χ1n) is 6.34. The van der Waals surface area contributed by atoms with Crippen LogP contribution in [0.5, 0.6) is 0 Å². The molecule has 3 rings (SSSR count). The molecular weight excluding hydrogens is 320 g/mol. The lowest BCUT2D eigenvalue weighted by Gasteiger charge is -2.07. The lowest BCUT2D eigenvalue weighted by atomic mass is 10.1. The SMILES string of the molecule is N#C[C@@H](C(=O)Nc1cccnc1)c1nc2cc(Cl)ccc2s1. The van der Waals surface area contributed by atoms with E-state index < -0.39 is 11.8 Å². The number of amides is 1. The van der Waals surface area contributed by atoms with Crippen molar-refractivity contribution >= 4 is 44.7 Å². The Morgan fingerprint density at radius 1 is 1.41 bits per heavy atom. The Hall–Kier alpha value is -2.49. The zero-order valence-electron chi connectivity index (χ0n) is 11.2. The Labute approximate surface area is 135 Å². The highest BCUT2D eigenvalue weighted by Crippen LogP contribution is 2.29. The minimum Gasteiger partial charge on any atom is -0.323 e. The number of nitrogens with one attached hydrogen (secondary N) is 1. The highest BCUT2D eigenvalue weighted by molar-refractivity contribution is 7.18. The van der Waals surface area contributed by atoms with Gasteiger partial charge in [0.1, 0.15) is 5.01 Å². The van der Waals surface area contributed by atoms with Gasteiger partial charge in [-0.3, -0.25) is 9.78 Å². The highest BCUT2D eigenvalue weighted by atomic mass is 35.5. The number of fused-ring (bicyclic) bond motifs is 1. The number of halogens is 1. The summed E-state index contributed by atoms with van der Waals surface area (Å²) in [7, 11) is 0. The minimum absolute atomic E-state index is 0.430. The predicted octanol–water partition coefficient (Wildman–Crippen LogP) is 3.59. The molecule has 0 saturated heterocycles. The third-order valence-electron chi connectivity index (χ3n) is 2.93. The lowest BCUT2D eigenvalue weighted by Crippen LogP contribution is -2.19. The van der Waals surface area contributed by atoms with E-state index in [-0.39, 0.29) is 0 Å². The second-order valence-corrected chi connectivity index (χ2v) is 5.96. The topological polar surface area (TPSA) is 78.7 Å². The molecule has 3 aromatic rings. The van der Waals surface area contributed by atoms with Crippen molar-refractivity contribution in [3.63, 3.8) is 0 Å². The first kappa shape index (κ1) is 14.4. The molecule has 0 unspecified atom stereocenters. The van der Waals surface area contributed by atoms with E-state index in [0.29, 0.717) is 21.2 Å². The van der Waals surface area contributed by atoms with Crippen LogP contribution >= 0.6 is 22.9 Å². The first-order chi connectivity index (χ1) is 10.7. The standard InChI is InChI=1S/C15H9ClN4OS/c16-9-3-4-13-12(6-9)20-15(22-13)11(7-17)14(21)19-10-2-1-5-18-8-10/h1-6,8,11H,(H,19,21)/t11-/m0/s1. The van der Waals surface area contributed by atoms with Gasteiger partial charge in [-0.25, -0.2) is 4.98 Å². The lowest BCUT2D eigenvalue weighted by molar-refractivity contribution is -0.116. The van der Waals surface area contributed by atoms with Crippen LogP contribution in [0.3, 0.4) is 0 Å². The number of hydrogen-bond acceptors (Lipinski definition) is 5. The molecule has 2 aromatic heterocycles. The fourth-order valence-corrected chi connectivity index (χ4v) is 3.08. The van der Waals surface area contributed by atoms with E-state index in [0.717, 1.165) is 4.70 Å². The molecule has 0 fully saturated rings. The summed E-state index contributed by atoms with van der Waals surface area (Å²) in [6.07, 6.45) is 3.12. The molecule has 0 aliphatic carbocycles. The van der Waals surface area contributed by atoms with E-state index in [1.54, 1.807) is 30.5 Å². The average molecular weight is 329 g/mol. The molecule has 0 bridgehead atoms. The average Bonchev–Trinajstić information content (AvgIpc) is 2.91. The Morgan fingerprint density at radius 2 is 2.27 bits per heavy atom. The number of anilines is 1. The quantitative estimate of drug-likeness (QED) is 0.796. The molecule has 0 radical (unpaired) electrons. The highest BCUT2D eigenvalue weighted by Gasteiger charge is 2.24. The summed E-state index contributed by atoms with van der Waals surface area (Å²) in [6, 6.07) is 10.7. The van der Waals surface area contributed by atoms with E-state index in [2.05, 4.69) is 15.3 Å². The molecule has 0 saturated carbocycles. The van der Waals surface area contributed by atoms with Crippen LogP contribution in [0, 0.1) is 11.3 Å². The van der Waals surface area contributed by atoms with Gasteiger partial charge in [-0.05, 0) is 30.3 Å². The summed E-state index contributed by atoms with van der Waals surface area (Å²) >= 11 is 7.23. The van der Waals surface area contributed by atoms with Gasteiger partial charge >= 0.3 is 0 Å². The van der Waals surface area contributed by atoms with Gasteiger partial charge < -0.3 is 5.32 Å². The fraction of sp³-hybridized carbons (Fsp3) is 0.0667. The molecule has 1 N–H and O–H groups in total. The van der Waals surface area contributed by atoms with Crippen molar-refractivity contribution in [1.82, 2.24) is 9.97 Å². The zero-order valence-corrected chi connectivity index (χ0v) is 12.7. The van der Waals surface area contributed by atoms with Crippen LogP contribution in [0.1, 0.15) is 10.9 Å². The molecular formula is C15H9ClN4OS. The number of aromatic nitrogens is 2. The molecule has 1 atom stereocenters. The van der Waals surface area contributed by atoms with Crippen LogP contribution in [-0.2, 0) is 4.79 Å². The zero-order chi connectivity index (χ0) is 15.5. The second-order valence-electron chi connectivity index (χ2n) is 4.46. The molecule has 7 heteroatoms. The second kappa shape index (κ2) is 6.10. The number of thiazole rings is 1. The van der Waals surface area contributed by atoms with Gasteiger partial charge in [0.15, 0.2) is 5.92 Å². The maximum atomic E-state index is 12.3. The third kappa shape index (κ3) is 2.91. The van der Waals surface area contributed by atoms with Crippen LogP contribution in [-0.4, -0.2) is 15.9 Å². The van der Waals surface area contributed by atoms with Crippen LogP contribution in [0.2, 0.25) is 5.02 Å². The van der Waals surface area contributed by atoms with Crippen molar-refractivity contribution in [3.8, 4) is 6.07 Å². The summed E-state index contributed by atoms with van der Waals surface area (Å²) in [6.45, 7) is 0. The van der Waals surface area contributed by atoms with Crippen LogP contribution in [0.15, 0.2) is 42.7 Å². The van der Waals surface area contributed by atoms with Crippen LogP contribution in [0.4, 0.5) is 5.69 Å². The van der Waals surface area contributed by atoms with E-state index in [4.69, 9.17) is 11.6 Å². The molecule has 0 aliphatic rings. The van der Waals surface area contributed by atoms with E-state index in [1.165, 1.54) is 17.5 Å². The summed E-state index contributed by atoms with van der Waals surface area (Å²) in [5.74, 6) is -1.41. The molecule has 108 valence electrons. The fourth-order valence-electron chi connectivity index (χ4n) is 1.92. The number of nitrogens with zero attached hydrogens (tertiary/aromatic N) is 3. The summed E-state index contributed by atoms with van der Waals surface area (Å²) in [4.78, 5) is 20.5. The van der Waals surface area contributed by atoms with Gasteiger partial charge in [0.25, 0.3) is 0 Å². The normalized spacial score (nSPS) is 11.8. The van der Waals surface area contributed by atoms with E-state index in [9.17, 15) is 10.1 Å². The number of pyridine rings is 1. The monoisotopic (exact) mass is 328 g/mol. The molecule has 22 heavy (non-hydrogen) atoms. The largest absolute Gasteiger partial charge is 0.323 e. The minimum atomic E-state index is -0.976. The van der Waals surface area contributed by atoms with Crippen LogP contribution < -0.4 is 5.32 Å². The number of benzene rings is 1. The summed E-state index contributed by atoms with van der Waals surface area (Å²) in [5, 5.41) is 13.0. The number of carbonyl (C=O) groups excluding carboxylic acids is 1. The van der Waals surface area contributed by atoms with Crippen molar-refractivity contribution in [2.45, 2.75) is 5.92 Å². The van der Waals surface area contributed by atoms with Crippen molar-refractivity contribution < 1.29 is 4.79 Å². The van der Waals surface area contributed by atoms with Crippen molar-refractivity contribution in [3.05, 3.63) is 52.8 Å². The molecule has 2 heterocycles. The van der Waals surface area contributed by atoms with E-state index >= 15 is 0 Å². The first-order valence-corrected chi connectivity index (χ1v) is 7.53. The third-order valence-corrected chi connectivity index (χ3v) is 4.27. The summed E-state index contributed by atoms with van der Waals surface area (Å²) in [5.41, 5.74) is 1.22. The van der Waals surface area contributed by atoms with E-state index in [1.807, 2.05) is 12.1 Å². The number of carbonyl (C=O) groups is 1. The Balaban J connectivity index is 1.89. The Bertz CT molecular complexity index is 872. The molecule has 0 spiro atoms. The van der Waals surface area contributed by atoms with Crippen LogP contribution in [0.25, 0.3) is 10.2 Å². The van der Waals surface area contributed by atoms with Crippen molar-refractivity contribution in [1.29, 1.82) is 5.26 Å². The number of hydrogen-bond donors (Lipinski definition) is 1. The molecule has 1 amide bonds. The van der Waals surface area contributed by atoms with Gasteiger partial charge in [0.2, 0.25) is 5.91 Å². The van der Waals surface area contributed by atoms with Gasteiger partial charge in [0.05, 0.1) is 28.2 Å². The Kier molecular flexibility index (Phi) is 4.00.